The monoisotopic (exact) mass is 723 g/mol. The van der Waals surface area contributed by atoms with E-state index in [2.05, 4.69) is 46.9 Å². The molecule has 4 fully saturated rings. The van der Waals surface area contributed by atoms with Gasteiger partial charge in [0.1, 0.15) is 6.10 Å². The van der Waals surface area contributed by atoms with Crippen LogP contribution < -0.4 is 5.32 Å². The Balaban J connectivity index is 1.24. The smallest absolute Gasteiger partial charge is 0.309 e. The molecule has 7 nitrogen and oxygen atoms in total. The van der Waals surface area contributed by atoms with Crippen LogP contribution in [0.5, 0.6) is 0 Å². The maximum atomic E-state index is 14.0. The topological polar surface area (TPSA) is 113 Å². The van der Waals surface area contributed by atoms with Gasteiger partial charge in [-0.2, -0.15) is 0 Å². The number of esters is 1. The first-order valence-electron chi connectivity index (χ1n) is 19.6. The molecule has 0 saturated heterocycles. The molecule has 10 atom stereocenters. The van der Waals surface area contributed by atoms with Gasteiger partial charge in [0.2, 0.25) is 0 Å². The highest BCUT2D eigenvalue weighted by atomic mass is 35.5. The highest BCUT2D eigenvalue weighted by molar-refractivity contribution is 6.30. The Morgan fingerprint density at radius 3 is 2.33 bits per heavy atom. The minimum atomic E-state index is -1.15. The number of benzene rings is 1. The first-order valence-corrected chi connectivity index (χ1v) is 20.0. The van der Waals surface area contributed by atoms with Crippen molar-refractivity contribution in [3.05, 3.63) is 46.0 Å². The lowest BCUT2D eigenvalue weighted by Crippen LogP contribution is -2.65. The van der Waals surface area contributed by atoms with Crippen molar-refractivity contribution in [2.45, 2.75) is 138 Å². The predicted molar refractivity (Wildman–Crippen MR) is 200 cm³/mol. The molecule has 51 heavy (non-hydrogen) atoms. The Hall–Kier alpha value is -2.22. The highest BCUT2D eigenvalue weighted by Gasteiger charge is 2.69. The molecule has 3 N–H and O–H groups in total. The zero-order chi connectivity index (χ0) is 37.3. The first kappa shape index (κ1) is 38.5. The summed E-state index contributed by atoms with van der Waals surface area (Å²) in [7, 11) is 0. The molecule has 1 aromatic rings. The van der Waals surface area contributed by atoms with Crippen molar-refractivity contribution in [3.63, 3.8) is 0 Å². The Morgan fingerprint density at radius 1 is 1.00 bits per heavy atom. The van der Waals surface area contributed by atoms with Crippen molar-refractivity contribution in [1.29, 1.82) is 0 Å². The van der Waals surface area contributed by atoms with Gasteiger partial charge in [-0.3, -0.25) is 14.4 Å². The summed E-state index contributed by atoms with van der Waals surface area (Å²) in [5.74, 6) is 0.339. The second-order valence-electron chi connectivity index (χ2n) is 19.0. The van der Waals surface area contributed by atoms with Gasteiger partial charge in [-0.25, -0.2) is 0 Å². The number of carboxylic acids is 1. The molecule has 0 aromatic heterocycles. The van der Waals surface area contributed by atoms with E-state index in [0.29, 0.717) is 36.4 Å². The molecule has 282 valence electrons. The molecule has 5 aliphatic rings. The second-order valence-corrected chi connectivity index (χ2v) is 19.4. The number of hydrogen-bond donors (Lipinski definition) is 3. The van der Waals surface area contributed by atoms with Gasteiger partial charge in [0.05, 0.1) is 17.9 Å². The first-order chi connectivity index (χ1) is 23.8. The molecule has 8 heteroatoms. The Morgan fingerprint density at radius 2 is 1.69 bits per heavy atom. The Bertz CT molecular complexity index is 1570. The molecule has 5 aliphatic carbocycles. The standard InChI is InChI=1S/C43H62ClNO6/c1-25(2)36-31(46)21-43(34(47)24-45-23-27-9-11-28(44)12-10-27)20-19-41(7)30(37(36)43)13-14-33-40(6)17-16-32(26(3)29(40)15-18-42(33,41)8)51-35(48)22-39(4,5)38(49)50/h9-12,25-26,29-30,32-34,45,47H,13-24H2,1-8H3,(H,49,50)/t26-,29+,30-,32+,33-,34+,40+,41-,42-,43+/m1/s1. The zero-order valence-corrected chi connectivity index (χ0v) is 33.0. The number of hydrogen-bond acceptors (Lipinski definition) is 6. The van der Waals surface area contributed by atoms with Crippen molar-refractivity contribution >= 4 is 29.3 Å². The van der Waals surface area contributed by atoms with E-state index in [-0.39, 0.29) is 52.3 Å². The fourth-order valence-corrected chi connectivity index (χ4v) is 12.8. The van der Waals surface area contributed by atoms with E-state index in [1.807, 2.05) is 24.3 Å². The van der Waals surface area contributed by atoms with Crippen molar-refractivity contribution in [2.75, 3.05) is 6.54 Å². The number of ketones is 1. The molecule has 0 aliphatic heterocycles. The SMILES string of the molecule is CC(C)C1=C2[C@H]3CC[C@@H]4[C@@]5(C)CC[C@H](OC(=O)CC(C)(C)C(=O)O)[C@H](C)[C@@H]5CC[C@@]4(C)[C@]3(C)CC[C@@]2([C@@H](O)CNCc2ccc(Cl)cc2)CC1=O. The number of aliphatic hydroxyl groups is 1. The number of halogens is 1. The zero-order valence-electron chi connectivity index (χ0n) is 32.2. The average molecular weight is 724 g/mol. The fraction of sp³-hybridized carbons (Fsp3) is 0.744. The van der Waals surface area contributed by atoms with Crippen molar-refractivity contribution in [2.24, 2.45) is 56.7 Å². The number of carbonyl (C=O) groups excluding carboxylic acids is 2. The van der Waals surface area contributed by atoms with Crippen molar-refractivity contribution in [1.82, 2.24) is 5.32 Å². The Labute approximate surface area is 310 Å². The molecule has 0 unspecified atom stereocenters. The number of ether oxygens (including phenoxy) is 1. The third kappa shape index (κ3) is 6.23. The van der Waals surface area contributed by atoms with Gasteiger partial charge in [-0.15, -0.1) is 0 Å². The molecular formula is C43H62ClNO6. The lowest BCUT2D eigenvalue weighted by atomic mass is 9.34. The van der Waals surface area contributed by atoms with Crippen LogP contribution in [0, 0.1) is 56.7 Å². The summed E-state index contributed by atoms with van der Waals surface area (Å²) in [6.07, 6.45) is 7.35. The summed E-state index contributed by atoms with van der Waals surface area (Å²) >= 11 is 6.10. The van der Waals surface area contributed by atoms with Crippen molar-refractivity contribution in [3.8, 4) is 0 Å². The second kappa shape index (κ2) is 13.6. The van der Waals surface area contributed by atoms with E-state index in [4.69, 9.17) is 16.3 Å². The van der Waals surface area contributed by atoms with Gasteiger partial charge in [0.15, 0.2) is 5.78 Å². The van der Waals surface area contributed by atoms with E-state index < -0.39 is 28.9 Å². The minimum absolute atomic E-state index is 0.00108. The number of nitrogens with one attached hydrogen (secondary N) is 1. The van der Waals surface area contributed by atoms with E-state index in [1.54, 1.807) is 13.8 Å². The van der Waals surface area contributed by atoms with E-state index in [1.165, 1.54) is 5.57 Å². The van der Waals surface area contributed by atoms with Crippen LogP contribution in [-0.2, 0) is 25.7 Å². The maximum absolute atomic E-state index is 14.0. The summed E-state index contributed by atoms with van der Waals surface area (Å²) in [5, 5.41) is 25.9. The van der Waals surface area contributed by atoms with Crippen LogP contribution in [-0.4, -0.2) is 46.7 Å². The number of aliphatic carboxylic acids is 1. The number of rotatable bonds is 10. The van der Waals surface area contributed by atoms with Crippen LogP contribution in [0.1, 0.15) is 125 Å². The lowest BCUT2D eigenvalue weighted by Gasteiger charge is -2.71. The number of allylic oxidation sites excluding steroid dienone is 1. The van der Waals surface area contributed by atoms with Crippen LogP contribution in [0.25, 0.3) is 0 Å². The molecule has 0 radical (unpaired) electrons. The van der Waals surface area contributed by atoms with Crippen LogP contribution in [0.4, 0.5) is 0 Å². The van der Waals surface area contributed by atoms with Crippen molar-refractivity contribution < 1.29 is 29.3 Å². The molecular weight excluding hydrogens is 662 g/mol. The summed E-state index contributed by atoms with van der Waals surface area (Å²) < 4.78 is 6.06. The number of carboxylic acid groups (broad SMARTS) is 1. The highest BCUT2D eigenvalue weighted by Crippen LogP contribution is 2.76. The maximum Gasteiger partial charge on any atom is 0.309 e. The number of carbonyl (C=O) groups is 3. The van der Waals surface area contributed by atoms with E-state index in [9.17, 15) is 24.6 Å². The molecule has 0 spiro atoms. The number of aliphatic hydroxyl groups excluding tert-OH is 1. The largest absolute Gasteiger partial charge is 0.481 e. The van der Waals surface area contributed by atoms with Crippen LogP contribution in [0.15, 0.2) is 35.4 Å². The van der Waals surface area contributed by atoms with Gasteiger partial charge in [-0.1, -0.05) is 70.8 Å². The molecule has 0 heterocycles. The third-order valence-corrected chi connectivity index (χ3v) is 15.9. The van der Waals surface area contributed by atoms with Gasteiger partial charge in [-0.05, 0) is 134 Å². The molecule has 1 aromatic carbocycles. The lowest BCUT2D eigenvalue weighted by molar-refractivity contribution is -0.218. The molecule has 0 amide bonds. The normalized spacial score (nSPS) is 38.4. The summed E-state index contributed by atoms with van der Waals surface area (Å²) in [4.78, 5) is 38.6. The van der Waals surface area contributed by atoms with Crippen LogP contribution >= 0.6 is 11.6 Å². The fourth-order valence-electron chi connectivity index (χ4n) is 12.6. The summed E-state index contributed by atoms with van der Waals surface area (Å²) in [5.41, 5.74) is 1.89. The number of fused-ring (bicyclic) bond motifs is 7. The van der Waals surface area contributed by atoms with E-state index >= 15 is 0 Å². The van der Waals surface area contributed by atoms with E-state index in [0.717, 1.165) is 62.5 Å². The predicted octanol–water partition coefficient (Wildman–Crippen LogP) is 8.79. The average Bonchev–Trinajstić information content (AvgIpc) is 3.36. The summed E-state index contributed by atoms with van der Waals surface area (Å²) in [6, 6.07) is 7.78. The summed E-state index contributed by atoms with van der Waals surface area (Å²) in [6.45, 7) is 18.4. The minimum Gasteiger partial charge on any atom is -0.481 e. The van der Waals surface area contributed by atoms with Crippen LogP contribution in [0.3, 0.4) is 0 Å². The molecule has 4 saturated carbocycles. The molecule has 0 bridgehead atoms. The van der Waals surface area contributed by atoms with Gasteiger partial charge < -0.3 is 20.3 Å². The Kier molecular flexibility index (Phi) is 10.2. The van der Waals surface area contributed by atoms with Gasteiger partial charge >= 0.3 is 11.9 Å². The quantitative estimate of drug-likeness (QED) is 0.207. The van der Waals surface area contributed by atoms with Crippen LogP contribution in [0.2, 0.25) is 5.02 Å². The van der Waals surface area contributed by atoms with Gasteiger partial charge in [0.25, 0.3) is 0 Å². The third-order valence-electron chi connectivity index (χ3n) is 15.7. The number of Topliss-reactive ketones (excluding diaryl/α,β-unsaturated/α-hetero) is 1. The molecule has 6 rings (SSSR count). The van der Waals surface area contributed by atoms with Gasteiger partial charge in [0, 0.05) is 29.9 Å².